The first-order valence-electron chi connectivity index (χ1n) is 9.89. The van der Waals surface area contributed by atoms with Crippen LogP contribution < -0.4 is 11.1 Å². The fourth-order valence-electron chi connectivity index (χ4n) is 3.22. The zero-order valence-corrected chi connectivity index (χ0v) is 18.3. The van der Waals surface area contributed by atoms with E-state index in [9.17, 15) is 4.79 Å². The summed E-state index contributed by atoms with van der Waals surface area (Å²) in [7, 11) is 4.15. The van der Waals surface area contributed by atoms with Crippen molar-refractivity contribution in [3.05, 3.63) is 72.6 Å². The summed E-state index contributed by atoms with van der Waals surface area (Å²) in [6, 6.07) is 17.6. The van der Waals surface area contributed by atoms with Crippen LogP contribution in [0.1, 0.15) is 10.4 Å². The van der Waals surface area contributed by atoms with Crippen molar-refractivity contribution in [2.75, 3.05) is 31.7 Å². The molecular weight excluding hydrogens is 408 g/mol. The molecule has 4 aromatic rings. The number of thioether (sulfide) groups is 1. The molecule has 0 bridgehead atoms. The van der Waals surface area contributed by atoms with E-state index in [1.165, 1.54) is 4.90 Å². The van der Waals surface area contributed by atoms with Gasteiger partial charge in [0.15, 0.2) is 0 Å². The summed E-state index contributed by atoms with van der Waals surface area (Å²) in [5.74, 6) is 1.70. The number of anilines is 2. The Balaban J connectivity index is 1.55. The topological polar surface area (TPSA) is 89.1 Å². The summed E-state index contributed by atoms with van der Waals surface area (Å²) in [6.07, 6.45) is 3.41. The Hall–Kier alpha value is -3.36. The van der Waals surface area contributed by atoms with E-state index in [0.29, 0.717) is 17.3 Å². The van der Waals surface area contributed by atoms with Crippen molar-refractivity contribution in [1.82, 2.24) is 19.4 Å². The molecule has 0 radical (unpaired) electrons. The number of amides is 1. The lowest BCUT2D eigenvalue weighted by Crippen LogP contribution is -2.14. The highest BCUT2D eigenvalue weighted by Gasteiger charge is 2.14. The van der Waals surface area contributed by atoms with Gasteiger partial charge in [-0.05, 0) is 50.5 Å². The number of benzene rings is 2. The van der Waals surface area contributed by atoms with Crippen LogP contribution in [0.5, 0.6) is 0 Å². The minimum atomic E-state index is -0.467. The summed E-state index contributed by atoms with van der Waals surface area (Å²) >= 11 is 1.83. The van der Waals surface area contributed by atoms with Crippen molar-refractivity contribution < 1.29 is 4.79 Å². The van der Waals surface area contributed by atoms with Crippen molar-refractivity contribution in [3.8, 4) is 5.82 Å². The van der Waals surface area contributed by atoms with E-state index in [0.717, 1.165) is 28.9 Å². The second-order valence-corrected chi connectivity index (χ2v) is 8.50. The molecule has 0 aliphatic heterocycles. The predicted octanol–water partition coefficient (Wildman–Crippen LogP) is 3.92. The molecular formula is C23H24N6OS. The Bertz CT molecular complexity index is 1200. The number of fused-ring (bicyclic) bond motifs is 1. The average molecular weight is 433 g/mol. The van der Waals surface area contributed by atoms with Crippen molar-refractivity contribution in [2.24, 2.45) is 5.73 Å². The van der Waals surface area contributed by atoms with Gasteiger partial charge in [0.1, 0.15) is 5.82 Å². The fraction of sp³-hybridized carbons (Fsp3) is 0.174. The number of carbonyl (C=O) groups excluding carboxylic acids is 1. The number of hydrogen-bond donors (Lipinski definition) is 2. The number of aromatic nitrogens is 3. The van der Waals surface area contributed by atoms with Crippen molar-refractivity contribution in [3.63, 3.8) is 0 Å². The molecule has 0 aliphatic rings. The number of nitrogens with two attached hydrogens (primary N) is 1. The Morgan fingerprint density at radius 3 is 2.65 bits per heavy atom. The highest BCUT2D eigenvalue weighted by Crippen LogP contribution is 2.25. The summed E-state index contributed by atoms with van der Waals surface area (Å²) in [4.78, 5) is 24.2. The van der Waals surface area contributed by atoms with Crippen molar-refractivity contribution >= 4 is 40.2 Å². The van der Waals surface area contributed by atoms with Gasteiger partial charge in [-0.25, -0.2) is 4.98 Å². The largest absolute Gasteiger partial charge is 0.366 e. The van der Waals surface area contributed by atoms with E-state index < -0.39 is 5.91 Å². The van der Waals surface area contributed by atoms with E-state index >= 15 is 0 Å². The van der Waals surface area contributed by atoms with Crippen LogP contribution >= 0.6 is 11.8 Å². The van der Waals surface area contributed by atoms with Crippen LogP contribution in [-0.4, -0.2) is 51.7 Å². The molecule has 2 aromatic carbocycles. The maximum Gasteiger partial charge on any atom is 0.250 e. The minimum absolute atomic E-state index is 0.464. The summed E-state index contributed by atoms with van der Waals surface area (Å²) in [5, 5.41) is 4.05. The summed E-state index contributed by atoms with van der Waals surface area (Å²) < 4.78 is 1.85. The molecule has 0 unspecified atom stereocenters. The zero-order valence-electron chi connectivity index (χ0n) is 17.4. The van der Waals surface area contributed by atoms with Gasteiger partial charge >= 0.3 is 0 Å². The van der Waals surface area contributed by atoms with Gasteiger partial charge in [-0.15, -0.1) is 11.8 Å². The Labute approximate surface area is 185 Å². The Morgan fingerprint density at radius 1 is 1.13 bits per heavy atom. The molecule has 0 spiro atoms. The van der Waals surface area contributed by atoms with Gasteiger partial charge in [0.05, 0.1) is 11.1 Å². The zero-order chi connectivity index (χ0) is 21.8. The summed E-state index contributed by atoms with van der Waals surface area (Å²) in [6.45, 7) is 1.04. The van der Waals surface area contributed by atoms with Gasteiger partial charge in [0, 0.05) is 40.7 Å². The van der Waals surface area contributed by atoms with E-state index in [1.54, 1.807) is 18.5 Å². The number of nitrogens with one attached hydrogen (secondary N) is 1. The maximum absolute atomic E-state index is 11.9. The highest BCUT2D eigenvalue weighted by molar-refractivity contribution is 7.99. The maximum atomic E-state index is 11.9. The molecule has 2 heterocycles. The van der Waals surface area contributed by atoms with Crippen LogP contribution in [0.15, 0.2) is 71.9 Å². The van der Waals surface area contributed by atoms with Crippen molar-refractivity contribution in [1.29, 1.82) is 0 Å². The molecule has 0 aliphatic carbocycles. The third-order valence-electron chi connectivity index (χ3n) is 4.78. The van der Waals surface area contributed by atoms with Gasteiger partial charge in [-0.3, -0.25) is 4.79 Å². The Morgan fingerprint density at radius 2 is 1.90 bits per heavy atom. The van der Waals surface area contributed by atoms with Gasteiger partial charge in [-0.1, -0.05) is 18.2 Å². The second kappa shape index (κ2) is 9.20. The summed E-state index contributed by atoms with van der Waals surface area (Å²) in [5.41, 5.74) is 7.79. The van der Waals surface area contributed by atoms with Crippen molar-refractivity contribution in [2.45, 2.75) is 4.90 Å². The van der Waals surface area contributed by atoms with Crippen LogP contribution in [-0.2, 0) is 0 Å². The van der Waals surface area contributed by atoms with E-state index in [4.69, 9.17) is 5.73 Å². The van der Waals surface area contributed by atoms with Gasteiger partial charge in [0.2, 0.25) is 5.95 Å². The monoisotopic (exact) mass is 432 g/mol. The molecule has 1 amide bonds. The van der Waals surface area contributed by atoms with Crippen LogP contribution in [0, 0.1) is 0 Å². The molecule has 7 nitrogen and oxygen atoms in total. The average Bonchev–Trinajstić information content (AvgIpc) is 3.15. The van der Waals surface area contributed by atoms with E-state index in [2.05, 4.69) is 46.4 Å². The SMILES string of the molecule is CN(C)CCSc1ccc(Nc2nccc(-n3cc(C(N)=O)c4ccccc43)n2)cc1. The third-order valence-corrected chi connectivity index (χ3v) is 5.77. The molecule has 0 saturated heterocycles. The minimum Gasteiger partial charge on any atom is -0.366 e. The van der Waals surface area contributed by atoms with Crippen LogP contribution in [0.25, 0.3) is 16.7 Å². The highest BCUT2D eigenvalue weighted by atomic mass is 32.2. The first-order chi connectivity index (χ1) is 15.0. The molecule has 3 N–H and O–H groups in total. The second-order valence-electron chi connectivity index (χ2n) is 7.33. The molecule has 158 valence electrons. The number of nitrogens with zero attached hydrogens (tertiary/aromatic N) is 4. The van der Waals surface area contributed by atoms with Gasteiger partial charge in [-0.2, -0.15) is 4.98 Å². The number of rotatable bonds is 8. The number of primary amides is 1. The van der Waals surface area contributed by atoms with Gasteiger partial charge < -0.3 is 20.5 Å². The molecule has 0 atom stereocenters. The molecule has 0 fully saturated rings. The molecule has 0 saturated carbocycles. The molecule has 2 aromatic heterocycles. The molecule has 4 rings (SSSR count). The van der Waals surface area contributed by atoms with Crippen LogP contribution in [0.4, 0.5) is 11.6 Å². The number of hydrogen-bond acceptors (Lipinski definition) is 6. The quantitative estimate of drug-likeness (QED) is 0.410. The molecule has 31 heavy (non-hydrogen) atoms. The lowest BCUT2D eigenvalue weighted by molar-refractivity contribution is 0.100. The molecule has 8 heteroatoms. The number of carbonyl (C=O) groups is 1. The smallest absolute Gasteiger partial charge is 0.250 e. The van der Waals surface area contributed by atoms with Gasteiger partial charge in [0.25, 0.3) is 5.91 Å². The van der Waals surface area contributed by atoms with E-state index in [1.807, 2.05) is 52.7 Å². The lowest BCUT2D eigenvalue weighted by Gasteiger charge is -2.10. The Kier molecular flexibility index (Phi) is 6.20. The first kappa shape index (κ1) is 20.9. The predicted molar refractivity (Wildman–Crippen MR) is 126 cm³/mol. The van der Waals surface area contributed by atoms with Crippen LogP contribution in [0.2, 0.25) is 0 Å². The standard InChI is InChI=1S/C23H24N6OS/c1-28(2)13-14-31-17-9-7-16(8-10-17)26-23-25-12-11-21(27-23)29-15-19(22(24)30)18-5-3-4-6-20(18)29/h3-12,15H,13-14H2,1-2H3,(H2,24,30)(H,25,26,27). The van der Waals surface area contributed by atoms with Crippen LogP contribution in [0.3, 0.4) is 0 Å². The first-order valence-corrected chi connectivity index (χ1v) is 10.9. The third kappa shape index (κ3) is 4.87. The lowest BCUT2D eigenvalue weighted by atomic mass is 10.2. The van der Waals surface area contributed by atoms with E-state index in [-0.39, 0.29) is 0 Å². The normalized spacial score (nSPS) is 11.2. The number of para-hydroxylation sites is 1. The fourth-order valence-corrected chi connectivity index (χ4v) is 4.24.